The Hall–Kier alpha value is -3.56. The van der Waals surface area contributed by atoms with Crippen molar-refractivity contribution in [1.29, 1.82) is 0 Å². The van der Waals surface area contributed by atoms with Crippen molar-refractivity contribution in [3.63, 3.8) is 0 Å². The van der Waals surface area contributed by atoms with Crippen LogP contribution in [0.3, 0.4) is 0 Å². The van der Waals surface area contributed by atoms with E-state index in [1.165, 1.54) is 24.1 Å². The fraction of sp³-hybridized carbons (Fsp3) is 0.259. The number of halogens is 1. The predicted octanol–water partition coefficient (Wildman–Crippen LogP) is 4.10. The Kier molecular flexibility index (Phi) is 9.54. The summed E-state index contributed by atoms with van der Waals surface area (Å²) in [5.41, 5.74) is 1.03. The molecule has 3 aromatic carbocycles. The van der Waals surface area contributed by atoms with Gasteiger partial charge in [0.25, 0.3) is 10.0 Å². The summed E-state index contributed by atoms with van der Waals surface area (Å²) >= 11 is 6.13. The maximum absolute atomic E-state index is 13.7. The number of ether oxygens (including phenoxy) is 1. The number of hydrogen-bond donors (Lipinski definition) is 1. The topological polar surface area (TPSA) is 96.0 Å². The molecule has 0 aliphatic heterocycles. The highest BCUT2D eigenvalue weighted by molar-refractivity contribution is 7.92. The van der Waals surface area contributed by atoms with Crippen molar-refractivity contribution < 1.29 is 22.7 Å². The van der Waals surface area contributed by atoms with Crippen molar-refractivity contribution in [3.8, 4) is 5.75 Å². The largest absolute Gasteiger partial charge is 0.497 e. The Morgan fingerprint density at radius 3 is 2.27 bits per heavy atom. The molecular weight excluding hydrogens is 514 g/mol. The molecule has 196 valence electrons. The first-order chi connectivity index (χ1) is 17.7. The van der Waals surface area contributed by atoms with Gasteiger partial charge in [0.1, 0.15) is 18.3 Å². The van der Waals surface area contributed by atoms with Crippen LogP contribution in [-0.4, -0.2) is 51.4 Å². The molecule has 0 heterocycles. The van der Waals surface area contributed by atoms with Crippen LogP contribution >= 0.6 is 11.6 Å². The van der Waals surface area contributed by atoms with Crippen LogP contribution in [0.1, 0.15) is 19.4 Å². The van der Waals surface area contributed by atoms with E-state index in [9.17, 15) is 18.0 Å². The summed E-state index contributed by atoms with van der Waals surface area (Å²) in [7, 11) is -2.65. The summed E-state index contributed by atoms with van der Waals surface area (Å²) in [6.07, 6.45) is 0. The second-order valence-corrected chi connectivity index (χ2v) is 10.5. The van der Waals surface area contributed by atoms with Crippen LogP contribution in [0.4, 0.5) is 5.69 Å². The standard InChI is InChI=1S/C27H30ClN3O5S/c1-4-29-27(33)20(2)30(18-21-9-8-10-22(28)17-21)26(32)19-31(23-11-6-5-7-12-23)37(34,35)25-15-13-24(36-3)14-16-25/h5-17,20H,4,18-19H2,1-3H3,(H,29,33). The number of carbonyl (C=O) groups is 2. The summed E-state index contributed by atoms with van der Waals surface area (Å²) in [6.45, 7) is 3.35. The number of likely N-dealkylation sites (N-methyl/N-ethyl adjacent to an activating group) is 1. The molecule has 0 aliphatic carbocycles. The van der Waals surface area contributed by atoms with E-state index in [4.69, 9.17) is 16.3 Å². The summed E-state index contributed by atoms with van der Waals surface area (Å²) in [5, 5.41) is 3.22. The van der Waals surface area contributed by atoms with Gasteiger partial charge < -0.3 is 15.0 Å². The fourth-order valence-electron chi connectivity index (χ4n) is 3.73. The number of anilines is 1. The molecule has 2 amide bonds. The van der Waals surface area contributed by atoms with Gasteiger partial charge in [-0.15, -0.1) is 0 Å². The van der Waals surface area contributed by atoms with Crippen molar-refractivity contribution in [3.05, 3.63) is 89.4 Å². The predicted molar refractivity (Wildman–Crippen MR) is 144 cm³/mol. The lowest BCUT2D eigenvalue weighted by Gasteiger charge is -2.32. The molecule has 0 aromatic heterocycles. The second-order valence-electron chi connectivity index (χ2n) is 8.24. The molecule has 0 bridgehead atoms. The molecular formula is C27H30ClN3O5S. The van der Waals surface area contributed by atoms with Crippen LogP contribution in [0.25, 0.3) is 0 Å². The van der Waals surface area contributed by atoms with E-state index >= 15 is 0 Å². The van der Waals surface area contributed by atoms with Gasteiger partial charge in [-0.25, -0.2) is 8.42 Å². The zero-order chi connectivity index (χ0) is 27.0. The second kappa shape index (κ2) is 12.6. The molecule has 0 saturated carbocycles. The highest BCUT2D eigenvalue weighted by Crippen LogP contribution is 2.26. The smallest absolute Gasteiger partial charge is 0.264 e. The highest BCUT2D eigenvalue weighted by Gasteiger charge is 2.32. The average Bonchev–Trinajstić information content (AvgIpc) is 2.90. The van der Waals surface area contributed by atoms with Crippen LogP contribution < -0.4 is 14.4 Å². The minimum absolute atomic E-state index is 0.00289. The monoisotopic (exact) mass is 543 g/mol. The van der Waals surface area contributed by atoms with Gasteiger partial charge in [-0.05, 0) is 67.9 Å². The third-order valence-corrected chi connectivity index (χ3v) is 7.75. The number of benzene rings is 3. The van der Waals surface area contributed by atoms with E-state index in [0.29, 0.717) is 28.6 Å². The number of sulfonamides is 1. The molecule has 1 N–H and O–H groups in total. The molecule has 8 nitrogen and oxygen atoms in total. The van der Waals surface area contributed by atoms with E-state index in [2.05, 4.69) is 5.32 Å². The van der Waals surface area contributed by atoms with E-state index in [-0.39, 0.29) is 17.3 Å². The number of rotatable bonds is 11. The van der Waals surface area contributed by atoms with Gasteiger partial charge in [0.2, 0.25) is 11.8 Å². The lowest BCUT2D eigenvalue weighted by Crippen LogP contribution is -2.51. The van der Waals surface area contributed by atoms with Crippen LogP contribution in [0, 0.1) is 0 Å². The summed E-state index contributed by atoms with van der Waals surface area (Å²) in [4.78, 5) is 27.8. The number of para-hydroxylation sites is 1. The number of methoxy groups -OCH3 is 1. The summed E-state index contributed by atoms with van der Waals surface area (Å²) < 4.78 is 33.6. The van der Waals surface area contributed by atoms with Crippen molar-refractivity contribution in [2.75, 3.05) is 24.5 Å². The van der Waals surface area contributed by atoms with Crippen molar-refractivity contribution in [2.24, 2.45) is 0 Å². The molecule has 0 spiro atoms. The average molecular weight is 544 g/mol. The Labute approximate surface area is 222 Å². The van der Waals surface area contributed by atoms with E-state index in [1.807, 2.05) is 0 Å². The maximum atomic E-state index is 13.7. The number of nitrogens with zero attached hydrogens (tertiary/aromatic N) is 2. The summed E-state index contributed by atoms with van der Waals surface area (Å²) in [5.74, 6) is -0.383. The van der Waals surface area contributed by atoms with Crippen molar-refractivity contribution in [1.82, 2.24) is 10.2 Å². The van der Waals surface area contributed by atoms with Crippen LogP contribution in [0.5, 0.6) is 5.75 Å². The Balaban J connectivity index is 2.00. The van der Waals surface area contributed by atoms with Crippen LogP contribution in [0.2, 0.25) is 5.02 Å². The fourth-order valence-corrected chi connectivity index (χ4v) is 5.36. The zero-order valence-corrected chi connectivity index (χ0v) is 22.5. The van der Waals surface area contributed by atoms with Gasteiger partial charge in [-0.2, -0.15) is 0 Å². The first kappa shape index (κ1) is 28.0. The van der Waals surface area contributed by atoms with Crippen molar-refractivity contribution >= 4 is 39.1 Å². The SMILES string of the molecule is CCNC(=O)C(C)N(Cc1cccc(Cl)c1)C(=O)CN(c1ccccc1)S(=O)(=O)c1ccc(OC)cc1. The Morgan fingerprint density at radius 1 is 1.00 bits per heavy atom. The third-order valence-electron chi connectivity index (χ3n) is 5.73. The van der Waals surface area contributed by atoms with E-state index < -0.39 is 28.5 Å². The van der Waals surface area contributed by atoms with Crippen LogP contribution in [0.15, 0.2) is 83.8 Å². The van der Waals surface area contributed by atoms with E-state index in [1.54, 1.807) is 80.6 Å². The minimum atomic E-state index is -4.13. The number of nitrogens with one attached hydrogen (secondary N) is 1. The minimum Gasteiger partial charge on any atom is -0.497 e. The van der Waals surface area contributed by atoms with Gasteiger partial charge in [-0.1, -0.05) is 41.9 Å². The molecule has 1 atom stereocenters. The Morgan fingerprint density at radius 2 is 1.68 bits per heavy atom. The van der Waals surface area contributed by atoms with E-state index in [0.717, 1.165) is 4.31 Å². The number of amides is 2. The molecule has 3 rings (SSSR count). The molecule has 0 fully saturated rings. The van der Waals surface area contributed by atoms with Gasteiger partial charge in [0.05, 0.1) is 17.7 Å². The van der Waals surface area contributed by atoms with Crippen LogP contribution in [-0.2, 0) is 26.2 Å². The molecule has 37 heavy (non-hydrogen) atoms. The highest BCUT2D eigenvalue weighted by atomic mass is 35.5. The molecule has 0 aliphatic rings. The quantitative estimate of drug-likeness (QED) is 0.393. The normalized spacial score (nSPS) is 11.9. The molecule has 1 unspecified atom stereocenters. The molecule has 0 radical (unpaired) electrons. The van der Waals surface area contributed by atoms with Gasteiger partial charge in [0.15, 0.2) is 0 Å². The zero-order valence-electron chi connectivity index (χ0n) is 20.9. The lowest BCUT2D eigenvalue weighted by atomic mass is 10.1. The number of carbonyl (C=O) groups excluding carboxylic acids is 2. The molecule has 0 saturated heterocycles. The van der Waals surface area contributed by atoms with Crippen molar-refractivity contribution in [2.45, 2.75) is 31.3 Å². The lowest BCUT2D eigenvalue weighted by molar-refractivity contribution is -0.139. The maximum Gasteiger partial charge on any atom is 0.264 e. The van der Waals surface area contributed by atoms with Gasteiger partial charge in [0, 0.05) is 18.1 Å². The third kappa shape index (κ3) is 7.02. The van der Waals surface area contributed by atoms with Gasteiger partial charge in [-0.3, -0.25) is 13.9 Å². The molecule has 10 heteroatoms. The number of hydrogen-bond acceptors (Lipinski definition) is 5. The van der Waals surface area contributed by atoms with Gasteiger partial charge >= 0.3 is 0 Å². The Bertz CT molecular complexity index is 1320. The first-order valence-electron chi connectivity index (χ1n) is 11.7. The molecule has 3 aromatic rings. The summed E-state index contributed by atoms with van der Waals surface area (Å²) in [6, 6.07) is 20.4. The first-order valence-corrected chi connectivity index (χ1v) is 13.5.